The third-order valence-corrected chi connectivity index (χ3v) is 18.1. The Bertz CT molecular complexity index is 1870. The van der Waals surface area contributed by atoms with Gasteiger partial charge in [0.1, 0.15) is 48.8 Å². The summed E-state index contributed by atoms with van der Waals surface area (Å²) in [5, 5.41) is 87.6. The number of unbranched alkanes of at least 4 members (excludes halogenated alkanes) is 37. The Morgan fingerprint density at radius 1 is 0.402 bits per heavy atom. The fourth-order valence-electron chi connectivity index (χ4n) is 12.1. The maximum absolute atomic E-state index is 13.4. The van der Waals surface area contributed by atoms with E-state index in [0.29, 0.717) is 12.8 Å². The van der Waals surface area contributed by atoms with E-state index in [1.807, 2.05) is 6.08 Å². The summed E-state index contributed by atoms with van der Waals surface area (Å²) < 4.78 is 22.9. The van der Waals surface area contributed by atoms with Crippen LogP contribution in [-0.4, -0.2) is 140 Å². The normalized spacial score (nSPS) is 23.2. The van der Waals surface area contributed by atoms with E-state index in [1.54, 1.807) is 6.08 Å². The number of aliphatic hydroxyl groups is 8. The summed E-state index contributed by atoms with van der Waals surface area (Å²) in [6.07, 6.45) is 69.3. The standard InChI is InChI=1S/C78H139NO13/c1-3-5-7-9-11-13-15-17-19-21-23-25-27-29-31-32-33-34-36-38-40-42-44-46-48-50-52-54-56-58-60-62-70(83)79-66(65-89-77-75(88)73(86)76(69(64-81)91-77)92-78-74(87)72(85)71(84)68(63-80)90-78)67(82)61-59-57-55-53-51-49-47-45-43-41-39-37-35-30-28-26-24-22-20-18-16-14-12-10-8-6-4-2/h5,7,11,13,17,19,23,25,29,31,51,53,59,61,66-69,71-78,80-82,84-88H,3-4,6,8-10,12,14-16,18,20-22,24,26-28,30,32-50,52,54-58,60,62-65H2,1-2H3,(H,79,83)/b7-5-,13-11-,19-17-,25-23-,31-29-,53-51+,61-59+. The number of ether oxygens (including phenoxy) is 4. The number of aliphatic hydroxyl groups excluding tert-OH is 8. The van der Waals surface area contributed by atoms with Crippen molar-refractivity contribution in [3.8, 4) is 0 Å². The molecular formula is C78H139NO13. The molecule has 0 saturated carbocycles. The van der Waals surface area contributed by atoms with Gasteiger partial charge in [0.25, 0.3) is 0 Å². The van der Waals surface area contributed by atoms with E-state index < -0.39 is 86.8 Å². The van der Waals surface area contributed by atoms with Crippen LogP contribution < -0.4 is 5.32 Å². The molecule has 2 saturated heterocycles. The molecule has 14 heteroatoms. The molecule has 12 unspecified atom stereocenters. The van der Waals surface area contributed by atoms with Crippen LogP contribution in [0.15, 0.2) is 85.1 Å². The van der Waals surface area contributed by atoms with Crippen LogP contribution in [0.4, 0.5) is 0 Å². The number of hydrogen-bond donors (Lipinski definition) is 9. The van der Waals surface area contributed by atoms with Crippen LogP contribution in [0.25, 0.3) is 0 Å². The number of allylic oxidation sites excluding steroid dienone is 13. The van der Waals surface area contributed by atoms with Crippen molar-refractivity contribution in [2.24, 2.45) is 0 Å². The molecule has 0 aromatic rings. The Morgan fingerprint density at radius 3 is 1.20 bits per heavy atom. The highest BCUT2D eigenvalue weighted by Crippen LogP contribution is 2.30. The third-order valence-electron chi connectivity index (χ3n) is 18.1. The third kappa shape index (κ3) is 44.8. The van der Waals surface area contributed by atoms with Crippen LogP contribution in [-0.2, 0) is 23.7 Å². The molecule has 14 nitrogen and oxygen atoms in total. The lowest BCUT2D eigenvalue weighted by Crippen LogP contribution is -2.65. The van der Waals surface area contributed by atoms with E-state index in [0.717, 1.165) is 64.2 Å². The van der Waals surface area contributed by atoms with Gasteiger partial charge in [0.2, 0.25) is 5.91 Å². The lowest BCUT2D eigenvalue weighted by molar-refractivity contribution is -0.359. The summed E-state index contributed by atoms with van der Waals surface area (Å²) in [5.74, 6) is -0.248. The lowest BCUT2D eigenvalue weighted by Gasteiger charge is -2.46. The van der Waals surface area contributed by atoms with Crippen molar-refractivity contribution in [3.63, 3.8) is 0 Å². The zero-order valence-corrected chi connectivity index (χ0v) is 58.3. The SMILES string of the molecule is CC/C=C\C/C=C\C/C=C\C/C=C\C/C=C\CCCCCCCCCCCCCCCCCC(=O)NC(COC1OC(CO)C(OC2OC(CO)C(O)C(O)C2O)C(O)C1O)C(O)/C=C/CC/C=C/CCCCCCCCCCCCCCCCCCCCCCC. The Morgan fingerprint density at radius 2 is 0.761 bits per heavy atom. The van der Waals surface area contributed by atoms with Gasteiger partial charge in [-0.3, -0.25) is 4.79 Å². The Balaban J connectivity index is 1.66. The molecule has 0 bridgehead atoms. The molecule has 9 N–H and O–H groups in total. The number of amides is 1. The zero-order valence-electron chi connectivity index (χ0n) is 58.3. The lowest BCUT2D eigenvalue weighted by atomic mass is 9.97. The molecule has 534 valence electrons. The van der Waals surface area contributed by atoms with Gasteiger partial charge in [0.05, 0.1) is 32.0 Å². The van der Waals surface area contributed by atoms with Crippen molar-refractivity contribution < 1.29 is 64.6 Å². The molecule has 0 aliphatic carbocycles. The highest BCUT2D eigenvalue weighted by molar-refractivity contribution is 5.76. The molecular weight excluding hydrogens is 1160 g/mol. The van der Waals surface area contributed by atoms with Gasteiger partial charge in [-0.05, 0) is 77.0 Å². The van der Waals surface area contributed by atoms with Gasteiger partial charge < -0.3 is 65.1 Å². The summed E-state index contributed by atoms with van der Waals surface area (Å²) in [6.45, 7) is 2.71. The molecule has 0 radical (unpaired) electrons. The number of carbonyl (C=O) groups excluding carboxylic acids is 1. The van der Waals surface area contributed by atoms with Crippen LogP contribution in [0.1, 0.15) is 309 Å². The van der Waals surface area contributed by atoms with Crippen LogP contribution in [0.2, 0.25) is 0 Å². The highest BCUT2D eigenvalue weighted by Gasteiger charge is 2.51. The predicted octanol–water partition coefficient (Wildman–Crippen LogP) is 16.4. The first-order valence-electron chi connectivity index (χ1n) is 37.8. The fourth-order valence-corrected chi connectivity index (χ4v) is 12.1. The van der Waals surface area contributed by atoms with Crippen molar-refractivity contribution in [3.05, 3.63) is 85.1 Å². The summed E-state index contributed by atoms with van der Waals surface area (Å²) >= 11 is 0. The van der Waals surface area contributed by atoms with Crippen molar-refractivity contribution in [2.45, 2.75) is 383 Å². The maximum atomic E-state index is 13.4. The molecule has 2 fully saturated rings. The largest absolute Gasteiger partial charge is 0.394 e. The predicted molar refractivity (Wildman–Crippen MR) is 378 cm³/mol. The van der Waals surface area contributed by atoms with Gasteiger partial charge in [-0.25, -0.2) is 0 Å². The molecule has 0 aromatic carbocycles. The van der Waals surface area contributed by atoms with E-state index in [4.69, 9.17) is 18.9 Å². The topological polar surface area (TPSA) is 228 Å². The summed E-state index contributed by atoms with van der Waals surface area (Å²) in [6, 6.07) is -0.937. The second-order valence-electron chi connectivity index (χ2n) is 26.4. The zero-order chi connectivity index (χ0) is 66.6. The van der Waals surface area contributed by atoms with Gasteiger partial charge in [0.15, 0.2) is 12.6 Å². The molecule has 2 aliphatic heterocycles. The van der Waals surface area contributed by atoms with Gasteiger partial charge in [-0.15, -0.1) is 0 Å². The van der Waals surface area contributed by atoms with Crippen molar-refractivity contribution in [1.82, 2.24) is 5.32 Å². The van der Waals surface area contributed by atoms with Crippen LogP contribution >= 0.6 is 0 Å². The van der Waals surface area contributed by atoms with Crippen LogP contribution in [0, 0.1) is 0 Å². The highest BCUT2D eigenvalue weighted by atomic mass is 16.7. The van der Waals surface area contributed by atoms with Crippen molar-refractivity contribution in [2.75, 3.05) is 19.8 Å². The van der Waals surface area contributed by atoms with Crippen LogP contribution in [0.5, 0.6) is 0 Å². The van der Waals surface area contributed by atoms with E-state index in [9.17, 15) is 45.6 Å². The fraction of sp³-hybridized carbons (Fsp3) is 0.808. The molecule has 2 heterocycles. The van der Waals surface area contributed by atoms with Gasteiger partial charge >= 0.3 is 0 Å². The Hall–Kier alpha value is -2.83. The molecule has 12 atom stereocenters. The Kier molecular flexibility index (Phi) is 57.2. The van der Waals surface area contributed by atoms with Crippen molar-refractivity contribution >= 4 is 5.91 Å². The minimum Gasteiger partial charge on any atom is -0.394 e. The summed E-state index contributed by atoms with van der Waals surface area (Å²) in [4.78, 5) is 13.4. The molecule has 1 amide bonds. The Labute approximate surface area is 561 Å². The average molecular weight is 1300 g/mol. The number of carbonyl (C=O) groups is 1. The van der Waals surface area contributed by atoms with E-state index in [2.05, 4.69) is 92.1 Å². The number of nitrogens with one attached hydrogen (secondary N) is 1. The first-order chi connectivity index (χ1) is 45.1. The second-order valence-corrected chi connectivity index (χ2v) is 26.4. The smallest absolute Gasteiger partial charge is 0.220 e. The first-order valence-corrected chi connectivity index (χ1v) is 37.8. The minimum absolute atomic E-state index is 0.248. The number of hydrogen-bond acceptors (Lipinski definition) is 13. The number of rotatable bonds is 62. The van der Waals surface area contributed by atoms with Gasteiger partial charge in [-0.1, -0.05) is 311 Å². The van der Waals surface area contributed by atoms with Gasteiger partial charge in [0, 0.05) is 6.42 Å². The molecule has 0 spiro atoms. The summed E-state index contributed by atoms with van der Waals surface area (Å²) in [5.41, 5.74) is 0. The molecule has 0 aromatic heterocycles. The quantitative estimate of drug-likeness (QED) is 0.0204. The maximum Gasteiger partial charge on any atom is 0.220 e. The monoisotopic (exact) mass is 1300 g/mol. The van der Waals surface area contributed by atoms with E-state index in [-0.39, 0.29) is 18.9 Å². The van der Waals surface area contributed by atoms with Crippen molar-refractivity contribution in [1.29, 1.82) is 0 Å². The summed E-state index contributed by atoms with van der Waals surface area (Å²) in [7, 11) is 0. The molecule has 2 rings (SSSR count). The minimum atomic E-state index is -1.79. The van der Waals surface area contributed by atoms with E-state index >= 15 is 0 Å². The van der Waals surface area contributed by atoms with Crippen LogP contribution in [0.3, 0.4) is 0 Å². The first kappa shape index (κ1) is 85.3. The molecule has 2 aliphatic rings. The average Bonchev–Trinajstić information content (AvgIpc) is 0.844. The van der Waals surface area contributed by atoms with Gasteiger partial charge in [-0.2, -0.15) is 0 Å². The van der Waals surface area contributed by atoms with E-state index in [1.165, 1.54) is 212 Å². The second kappa shape index (κ2) is 61.7. The molecule has 92 heavy (non-hydrogen) atoms.